The Bertz CT molecular complexity index is 1190. The molecule has 0 saturated heterocycles. The summed E-state index contributed by atoms with van der Waals surface area (Å²) in [5.74, 6) is -0.248. The lowest BCUT2D eigenvalue weighted by atomic mass is 9.86. The van der Waals surface area contributed by atoms with Crippen LogP contribution in [0.5, 0.6) is 5.75 Å². The Morgan fingerprint density at radius 3 is 2.29 bits per heavy atom. The van der Waals surface area contributed by atoms with E-state index in [1.54, 1.807) is 18.2 Å². The molecule has 176 valence electrons. The maximum absolute atomic E-state index is 12.5. The van der Waals surface area contributed by atoms with E-state index in [1.807, 2.05) is 54.6 Å². The topological polar surface area (TPSA) is 79.5 Å². The Morgan fingerprint density at radius 2 is 1.62 bits per heavy atom. The molecule has 0 saturated carbocycles. The SMILES string of the molecule is CC(C)(C)c1ccc(C(=O)NC(=S)NNC(=O)COc2ccccc2-c2ccccc2)cc1Br. The summed E-state index contributed by atoms with van der Waals surface area (Å²) in [6.45, 7) is 6.06. The normalized spacial score (nSPS) is 10.8. The number of para-hydroxylation sites is 1. The molecule has 6 nitrogen and oxygen atoms in total. The van der Waals surface area contributed by atoms with Gasteiger partial charge in [0.25, 0.3) is 11.8 Å². The van der Waals surface area contributed by atoms with Gasteiger partial charge in [0.1, 0.15) is 5.75 Å². The molecule has 2 amide bonds. The van der Waals surface area contributed by atoms with Gasteiger partial charge in [0.2, 0.25) is 0 Å². The first-order chi connectivity index (χ1) is 16.1. The fraction of sp³-hybridized carbons (Fsp3) is 0.192. The van der Waals surface area contributed by atoms with Crippen LogP contribution >= 0.6 is 28.1 Å². The van der Waals surface area contributed by atoms with E-state index in [2.05, 4.69) is 52.9 Å². The standard InChI is InChI=1S/C26H26BrN3O3S/c1-26(2,3)20-14-13-18(15-21(20)27)24(32)28-25(34)30-29-23(31)16-33-22-12-8-7-11-19(22)17-9-5-4-6-10-17/h4-15H,16H2,1-3H3,(H,29,31)(H2,28,30,32,34). The minimum Gasteiger partial charge on any atom is -0.483 e. The lowest BCUT2D eigenvalue weighted by Gasteiger charge is -2.21. The van der Waals surface area contributed by atoms with Crippen LogP contribution in [0.4, 0.5) is 0 Å². The van der Waals surface area contributed by atoms with Crippen molar-refractivity contribution in [1.29, 1.82) is 0 Å². The number of hydrazine groups is 1. The van der Waals surface area contributed by atoms with Gasteiger partial charge < -0.3 is 4.74 Å². The summed E-state index contributed by atoms with van der Waals surface area (Å²) in [6.07, 6.45) is 0. The third kappa shape index (κ3) is 6.88. The highest BCUT2D eigenvalue weighted by molar-refractivity contribution is 9.10. The minimum absolute atomic E-state index is 0.0287. The van der Waals surface area contributed by atoms with Gasteiger partial charge in [-0.1, -0.05) is 91.3 Å². The van der Waals surface area contributed by atoms with E-state index in [-0.39, 0.29) is 23.0 Å². The number of carbonyl (C=O) groups excluding carboxylic acids is 2. The highest BCUT2D eigenvalue weighted by atomic mass is 79.9. The fourth-order valence-electron chi connectivity index (χ4n) is 3.23. The Morgan fingerprint density at radius 1 is 0.941 bits per heavy atom. The van der Waals surface area contributed by atoms with Crippen molar-refractivity contribution in [3.8, 4) is 16.9 Å². The predicted molar refractivity (Wildman–Crippen MR) is 142 cm³/mol. The average Bonchev–Trinajstić information content (AvgIpc) is 2.81. The van der Waals surface area contributed by atoms with Crippen LogP contribution < -0.4 is 20.9 Å². The largest absolute Gasteiger partial charge is 0.483 e. The number of rotatable bonds is 5. The van der Waals surface area contributed by atoms with Gasteiger partial charge in [0.15, 0.2) is 11.7 Å². The molecule has 0 radical (unpaired) electrons. The predicted octanol–water partition coefficient (Wildman–Crippen LogP) is 5.13. The number of thiocarbonyl (C=S) groups is 1. The number of amides is 2. The Labute approximate surface area is 213 Å². The van der Waals surface area contributed by atoms with Gasteiger partial charge in [-0.25, -0.2) is 0 Å². The molecular weight excluding hydrogens is 514 g/mol. The van der Waals surface area contributed by atoms with Gasteiger partial charge in [-0.3, -0.25) is 25.8 Å². The maximum Gasteiger partial charge on any atom is 0.276 e. The third-order valence-corrected chi connectivity index (χ3v) is 5.77. The van der Waals surface area contributed by atoms with Gasteiger partial charge in [0.05, 0.1) is 0 Å². The second-order valence-electron chi connectivity index (χ2n) is 8.55. The molecule has 8 heteroatoms. The molecule has 0 aliphatic rings. The van der Waals surface area contributed by atoms with Crippen LogP contribution in [-0.2, 0) is 10.2 Å². The molecule has 0 fully saturated rings. The number of hydrogen-bond acceptors (Lipinski definition) is 4. The first kappa shape index (κ1) is 25.4. The first-order valence-electron chi connectivity index (χ1n) is 10.6. The van der Waals surface area contributed by atoms with E-state index in [4.69, 9.17) is 17.0 Å². The van der Waals surface area contributed by atoms with E-state index in [0.717, 1.165) is 21.2 Å². The Hall–Kier alpha value is -3.23. The summed E-state index contributed by atoms with van der Waals surface area (Å²) in [6, 6.07) is 22.6. The van der Waals surface area contributed by atoms with Crippen molar-refractivity contribution < 1.29 is 14.3 Å². The summed E-state index contributed by atoms with van der Waals surface area (Å²) in [5.41, 5.74) is 8.30. The first-order valence-corrected chi connectivity index (χ1v) is 11.8. The smallest absolute Gasteiger partial charge is 0.276 e. The zero-order valence-electron chi connectivity index (χ0n) is 19.1. The second kappa shape index (κ2) is 11.3. The summed E-state index contributed by atoms with van der Waals surface area (Å²) in [7, 11) is 0. The highest BCUT2D eigenvalue weighted by Crippen LogP contribution is 2.31. The van der Waals surface area contributed by atoms with Crippen LogP contribution in [0.1, 0.15) is 36.7 Å². The summed E-state index contributed by atoms with van der Waals surface area (Å²) < 4.78 is 6.54. The summed E-state index contributed by atoms with van der Waals surface area (Å²) in [4.78, 5) is 24.7. The lowest BCUT2D eigenvalue weighted by Crippen LogP contribution is -2.49. The second-order valence-corrected chi connectivity index (χ2v) is 9.81. The molecule has 0 aromatic heterocycles. The van der Waals surface area contributed by atoms with Crippen molar-refractivity contribution >= 4 is 45.1 Å². The monoisotopic (exact) mass is 539 g/mol. The zero-order valence-corrected chi connectivity index (χ0v) is 21.5. The summed E-state index contributed by atoms with van der Waals surface area (Å²) in [5, 5.41) is 2.52. The minimum atomic E-state index is -0.447. The molecule has 0 spiro atoms. The van der Waals surface area contributed by atoms with E-state index < -0.39 is 5.91 Å². The molecular formula is C26H26BrN3O3S. The quantitative estimate of drug-likeness (QED) is 0.309. The van der Waals surface area contributed by atoms with E-state index in [0.29, 0.717) is 11.3 Å². The van der Waals surface area contributed by atoms with Crippen LogP contribution in [-0.4, -0.2) is 23.5 Å². The van der Waals surface area contributed by atoms with E-state index in [9.17, 15) is 9.59 Å². The van der Waals surface area contributed by atoms with Crippen molar-refractivity contribution in [1.82, 2.24) is 16.2 Å². The van der Waals surface area contributed by atoms with Crippen LogP contribution in [0.15, 0.2) is 77.3 Å². The van der Waals surface area contributed by atoms with Crippen molar-refractivity contribution in [2.75, 3.05) is 6.61 Å². The van der Waals surface area contributed by atoms with Crippen LogP contribution in [0, 0.1) is 0 Å². The molecule has 0 bridgehead atoms. The molecule has 0 atom stereocenters. The number of halogens is 1. The van der Waals surface area contributed by atoms with Crippen LogP contribution in [0.2, 0.25) is 0 Å². The third-order valence-electron chi connectivity index (χ3n) is 4.91. The molecule has 3 aromatic rings. The molecule has 0 unspecified atom stereocenters. The van der Waals surface area contributed by atoms with Gasteiger partial charge in [-0.05, 0) is 47.0 Å². The van der Waals surface area contributed by atoms with Crippen LogP contribution in [0.3, 0.4) is 0 Å². The van der Waals surface area contributed by atoms with Crippen molar-refractivity contribution in [3.05, 3.63) is 88.4 Å². The number of hydrogen-bond donors (Lipinski definition) is 3. The van der Waals surface area contributed by atoms with Gasteiger partial charge in [-0.15, -0.1) is 0 Å². The van der Waals surface area contributed by atoms with Crippen molar-refractivity contribution in [2.24, 2.45) is 0 Å². The summed E-state index contributed by atoms with van der Waals surface area (Å²) >= 11 is 8.64. The maximum atomic E-state index is 12.5. The van der Waals surface area contributed by atoms with E-state index >= 15 is 0 Å². The molecule has 3 aromatic carbocycles. The zero-order chi connectivity index (χ0) is 24.7. The molecule has 0 heterocycles. The molecule has 3 rings (SSSR count). The molecule has 0 aliphatic heterocycles. The molecule has 3 N–H and O–H groups in total. The van der Waals surface area contributed by atoms with Crippen molar-refractivity contribution in [3.63, 3.8) is 0 Å². The lowest BCUT2D eigenvalue weighted by molar-refractivity contribution is -0.123. The van der Waals surface area contributed by atoms with Gasteiger partial charge >= 0.3 is 0 Å². The van der Waals surface area contributed by atoms with E-state index in [1.165, 1.54) is 0 Å². The number of benzene rings is 3. The Kier molecular flexibility index (Phi) is 8.41. The van der Waals surface area contributed by atoms with Crippen molar-refractivity contribution in [2.45, 2.75) is 26.2 Å². The number of ether oxygens (including phenoxy) is 1. The van der Waals surface area contributed by atoms with Gasteiger partial charge in [0, 0.05) is 15.6 Å². The average molecular weight is 540 g/mol. The number of carbonyl (C=O) groups is 2. The number of nitrogens with one attached hydrogen (secondary N) is 3. The Balaban J connectivity index is 1.50. The molecule has 34 heavy (non-hydrogen) atoms. The fourth-order valence-corrected chi connectivity index (χ4v) is 4.34. The van der Waals surface area contributed by atoms with Crippen LogP contribution in [0.25, 0.3) is 11.1 Å². The molecule has 0 aliphatic carbocycles. The highest BCUT2D eigenvalue weighted by Gasteiger charge is 2.19. The van der Waals surface area contributed by atoms with Gasteiger partial charge in [-0.2, -0.15) is 0 Å².